The summed E-state index contributed by atoms with van der Waals surface area (Å²) in [4.78, 5) is 16.2. The summed E-state index contributed by atoms with van der Waals surface area (Å²) in [6, 6.07) is 11.8. The number of ether oxygens (including phenoxy) is 1. The molecule has 0 saturated carbocycles. The second-order valence-corrected chi connectivity index (χ2v) is 6.48. The van der Waals surface area contributed by atoms with Gasteiger partial charge < -0.3 is 9.30 Å². The van der Waals surface area contributed by atoms with Crippen LogP contribution in [0.25, 0.3) is 5.69 Å². The lowest BCUT2D eigenvalue weighted by molar-refractivity contribution is -0.137. The van der Waals surface area contributed by atoms with Crippen LogP contribution in [0.1, 0.15) is 25.0 Å². The van der Waals surface area contributed by atoms with Gasteiger partial charge in [-0.1, -0.05) is 18.2 Å². The van der Waals surface area contributed by atoms with Crippen molar-refractivity contribution < 1.29 is 22.7 Å². The first kappa shape index (κ1) is 21.1. The van der Waals surface area contributed by atoms with Crippen molar-refractivity contribution in [2.24, 2.45) is 5.10 Å². The molecule has 1 N–H and O–H groups in total. The Morgan fingerprint density at radius 1 is 1.20 bits per heavy atom. The number of hydrazone groups is 1. The summed E-state index contributed by atoms with van der Waals surface area (Å²) in [5, 5.41) is 4.04. The maximum atomic E-state index is 12.8. The Morgan fingerprint density at radius 2 is 1.93 bits per heavy atom. The van der Waals surface area contributed by atoms with Gasteiger partial charge in [0.15, 0.2) is 6.10 Å². The molecule has 1 atom stereocenters. The lowest BCUT2D eigenvalue weighted by Gasteiger charge is -2.15. The monoisotopic (exact) mass is 416 g/mol. The lowest BCUT2D eigenvalue weighted by atomic mass is 10.1. The molecule has 0 aliphatic rings. The fourth-order valence-corrected chi connectivity index (χ4v) is 2.58. The molecule has 1 aromatic heterocycles. The van der Waals surface area contributed by atoms with Gasteiger partial charge in [-0.3, -0.25) is 4.79 Å². The van der Waals surface area contributed by atoms with Gasteiger partial charge in [0.1, 0.15) is 5.75 Å². The summed E-state index contributed by atoms with van der Waals surface area (Å²) < 4.78 is 45.5. The Hall–Kier alpha value is -3.62. The van der Waals surface area contributed by atoms with Crippen LogP contribution in [0, 0.1) is 0 Å². The van der Waals surface area contributed by atoms with Crippen molar-refractivity contribution in [3.8, 4) is 11.4 Å². The molecule has 0 aliphatic heterocycles. The van der Waals surface area contributed by atoms with Crippen LogP contribution in [-0.4, -0.2) is 27.3 Å². The SMILES string of the molecule is C/C(=N\NC(=O)C(C)Oc1cccc(C(F)(F)F)c1)c1ccc(-n2ccnc2)cc1. The van der Waals surface area contributed by atoms with E-state index in [1.165, 1.54) is 19.1 Å². The van der Waals surface area contributed by atoms with Gasteiger partial charge >= 0.3 is 6.18 Å². The molecule has 0 fully saturated rings. The van der Waals surface area contributed by atoms with Crippen LogP contribution >= 0.6 is 0 Å². The van der Waals surface area contributed by atoms with Crippen molar-refractivity contribution in [2.75, 3.05) is 0 Å². The van der Waals surface area contributed by atoms with Gasteiger partial charge in [-0.25, -0.2) is 10.4 Å². The Morgan fingerprint density at radius 3 is 2.57 bits per heavy atom. The Kier molecular flexibility index (Phi) is 6.20. The normalized spacial score (nSPS) is 13.0. The summed E-state index contributed by atoms with van der Waals surface area (Å²) in [6.45, 7) is 3.16. The van der Waals surface area contributed by atoms with Gasteiger partial charge in [0, 0.05) is 18.1 Å². The highest BCUT2D eigenvalue weighted by atomic mass is 19.4. The average Bonchev–Trinajstić information content (AvgIpc) is 3.26. The summed E-state index contributed by atoms with van der Waals surface area (Å²) in [6.07, 6.45) is -0.337. The second-order valence-electron chi connectivity index (χ2n) is 6.48. The van der Waals surface area contributed by atoms with E-state index < -0.39 is 23.8 Å². The van der Waals surface area contributed by atoms with Crippen molar-refractivity contribution >= 4 is 11.6 Å². The van der Waals surface area contributed by atoms with Crippen LogP contribution < -0.4 is 10.2 Å². The molecule has 1 amide bonds. The molecule has 156 valence electrons. The molecule has 3 rings (SSSR count). The number of carbonyl (C=O) groups is 1. The largest absolute Gasteiger partial charge is 0.481 e. The van der Waals surface area contributed by atoms with E-state index in [0.29, 0.717) is 5.71 Å². The van der Waals surface area contributed by atoms with Crippen molar-refractivity contribution in [3.05, 3.63) is 78.4 Å². The molecule has 0 bridgehead atoms. The van der Waals surface area contributed by atoms with Crippen LogP contribution in [0.15, 0.2) is 72.4 Å². The van der Waals surface area contributed by atoms with E-state index in [1.54, 1.807) is 19.4 Å². The number of benzene rings is 2. The molecule has 6 nitrogen and oxygen atoms in total. The van der Waals surface area contributed by atoms with Crippen molar-refractivity contribution in [1.82, 2.24) is 15.0 Å². The minimum absolute atomic E-state index is 0.0525. The second kappa shape index (κ2) is 8.81. The first-order chi connectivity index (χ1) is 14.2. The third-order valence-corrected chi connectivity index (χ3v) is 4.26. The standard InChI is InChI=1S/C21H19F3N4O2/c1-14(16-6-8-18(9-7-16)28-11-10-25-13-28)26-27-20(29)15(2)30-19-5-3-4-17(12-19)21(22,23)24/h3-13,15H,1-2H3,(H,27,29)/b26-14+. The van der Waals surface area contributed by atoms with Gasteiger partial charge in [0.05, 0.1) is 17.6 Å². The molecule has 2 aromatic carbocycles. The van der Waals surface area contributed by atoms with Gasteiger partial charge in [0.25, 0.3) is 5.91 Å². The lowest BCUT2D eigenvalue weighted by Crippen LogP contribution is -2.34. The molecule has 0 spiro atoms. The third kappa shape index (κ3) is 5.25. The quantitative estimate of drug-likeness (QED) is 0.484. The maximum Gasteiger partial charge on any atom is 0.416 e. The third-order valence-electron chi connectivity index (χ3n) is 4.26. The zero-order chi connectivity index (χ0) is 21.7. The van der Waals surface area contributed by atoms with E-state index in [9.17, 15) is 18.0 Å². The fourth-order valence-electron chi connectivity index (χ4n) is 2.58. The van der Waals surface area contributed by atoms with Crippen LogP contribution in [-0.2, 0) is 11.0 Å². The summed E-state index contributed by atoms with van der Waals surface area (Å²) >= 11 is 0. The van der Waals surface area contributed by atoms with Gasteiger partial charge in [-0.15, -0.1) is 0 Å². The van der Waals surface area contributed by atoms with E-state index in [2.05, 4.69) is 15.5 Å². The average molecular weight is 416 g/mol. The molecular formula is C21H19F3N4O2. The highest BCUT2D eigenvalue weighted by molar-refractivity contribution is 5.99. The first-order valence-corrected chi connectivity index (χ1v) is 9.01. The molecule has 9 heteroatoms. The number of hydrogen-bond acceptors (Lipinski definition) is 4. The van der Waals surface area contributed by atoms with Gasteiger partial charge in [-0.05, 0) is 49.7 Å². The predicted molar refractivity (Wildman–Crippen MR) is 105 cm³/mol. The van der Waals surface area contributed by atoms with Crippen LogP contribution in [0.5, 0.6) is 5.75 Å². The highest BCUT2D eigenvalue weighted by Gasteiger charge is 2.30. The fraction of sp³-hybridized carbons (Fsp3) is 0.190. The molecule has 0 saturated heterocycles. The van der Waals surface area contributed by atoms with E-state index in [-0.39, 0.29) is 5.75 Å². The number of carbonyl (C=O) groups excluding carboxylic acids is 1. The smallest absolute Gasteiger partial charge is 0.416 e. The summed E-state index contributed by atoms with van der Waals surface area (Å²) in [7, 11) is 0. The number of amides is 1. The number of nitrogens with one attached hydrogen (secondary N) is 1. The maximum absolute atomic E-state index is 12.8. The molecule has 1 unspecified atom stereocenters. The minimum atomic E-state index is -4.49. The number of imidazole rings is 1. The van der Waals surface area contributed by atoms with Crippen LogP contribution in [0.2, 0.25) is 0 Å². The number of nitrogens with zero attached hydrogens (tertiary/aromatic N) is 3. The Labute approximate surface area is 171 Å². The Bertz CT molecular complexity index is 1030. The number of aromatic nitrogens is 2. The van der Waals surface area contributed by atoms with Crippen LogP contribution in [0.4, 0.5) is 13.2 Å². The van der Waals surface area contributed by atoms with Crippen molar-refractivity contribution in [1.29, 1.82) is 0 Å². The van der Waals surface area contributed by atoms with Gasteiger partial charge in [0.2, 0.25) is 0 Å². The molecule has 3 aromatic rings. The van der Waals surface area contributed by atoms with Crippen molar-refractivity contribution in [3.63, 3.8) is 0 Å². The first-order valence-electron chi connectivity index (χ1n) is 9.01. The minimum Gasteiger partial charge on any atom is -0.481 e. The molecule has 30 heavy (non-hydrogen) atoms. The summed E-state index contributed by atoms with van der Waals surface area (Å²) in [5.41, 5.74) is 3.81. The molecule has 1 heterocycles. The Balaban J connectivity index is 1.60. The highest BCUT2D eigenvalue weighted by Crippen LogP contribution is 2.31. The van der Waals surface area contributed by atoms with E-state index >= 15 is 0 Å². The molecular weight excluding hydrogens is 397 g/mol. The number of halogens is 3. The summed E-state index contributed by atoms with van der Waals surface area (Å²) in [5.74, 6) is -0.634. The van der Waals surface area contributed by atoms with E-state index in [4.69, 9.17) is 4.74 Å². The van der Waals surface area contributed by atoms with Gasteiger partial charge in [-0.2, -0.15) is 18.3 Å². The predicted octanol–water partition coefficient (Wildman–Crippen LogP) is 4.20. The molecule has 0 aliphatic carbocycles. The van der Waals surface area contributed by atoms with Crippen molar-refractivity contribution in [2.45, 2.75) is 26.1 Å². The number of rotatable bonds is 6. The topological polar surface area (TPSA) is 68.5 Å². The van der Waals surface area contributed by atoms with E-state index in [0.717, 1.165) is 23.4 Å². The molecule has 0 radical (unpaired) electrons. The van der Waals surface area contributed by atoms with Crippen LogP contribution in [0.3, 0.4) is 0 Å². The zero-order valence-corrected chi connectivity index (χ0v) is 16.2. The van der Waals surface area contributed by atoms with E-state index in [1.807, 2.05) is 35.0 Å². The number of alkyl halides is 3. The number of hydrogen-bond donors (Lipinski definition) is 1. The zero-order valence-electron chi connectivity index (χ0n) is 16.2.